The topological polar surface area (TPSA) is 6.48 Å². The van der Waals surface area contributed by atoms with Crippen molar-refractivity contribution < 1.29 is 0 Å². The average Bonchev–Trinajstić information content (AvgIpc) is 3.47. The van der Waals surface area contributed by atoms with Crippen LogP contribution in [0.15, 0.2) is 182 Å². The smallest absolute Gasteiger partial charge is 0.149 e. The van der Waals surface area contributed by atoms with Crippen molar-refractivity contribution in [1.82, 2.24) is 9.80 Å². The van der Waals surface area contributed by atoms with Crippen molar-refractivity contribution in [3.05, 3.63) is 222 Å². The molecule has 6 aromatic carbocycles. The van der Waals surface area contributed by atoms with E-state index in [1.807, 2.05) is 0 Å². The Morgan fingerprint density at radius 1 is 0.326 bits per heavy atom. The minimum Gasteiger partial charge on any atom is -0.259 e. The van der Waals surface area contributed by atoms with Crippen LogP contribution in [0.25, 0.3) is 0 Å². The molecule has 0 saturated carbocycles. The Morgan fingerprint density at radius 3 is 0.814 bits per heavy atom. The van der Waals surface area contributed by atoms with Gasteiger partial charge < -0.3 is 0 Å². The minimum absolute atomic E-state index is 0.00365. The van der Waals surface area contributed by atoms with E-state index >= 15 is 0 Å². The molecule has 1 aliphatic heterocycles. The molecule has 1 saturated heterocycles. The fourth-order valence-electron chi connectivity index (χ4n) is 6.55. The standard InChI is InChI=1S/C41H34N2/c1-7-19-32(20-8-1)38(33-21-9-2-10-22-33)42-31-43(39(34-23-11-3-12-24-34)35-25-13-4-14-26-35)41(37-29-17-6-18-30-37)40(42)36-27-15-5-16-28-36/h1-30,38-41H/t40-,41-/m1/s1. The first-order valence-corrected chi connectivity index (χ1v) is 15.0. The molecule has 1 heterocycles. The summed E-state index contributed by atoms with van der Waals surface area (Å²) < 4.78 is 0. The lowest BCUT2D eigenvalue weighted by Gasteiger charge is -2.35. The highest BCUT2D eigenvalue weighted by Crippen LogP contribution is 2.54. The number of benzene rings is 6. The van der Waals surface area contributed by atoms with Gasteiger partial charge in [-0.25, -0.2) is 0 Å². The molecule has 0 amide bonds. The van der Waals surface area contributed by atoms with E-state index in [0.29, 0.717) is 0 Å². The van der Waals surface area contributed by atoms with Gasteiger partial charge in [-0.05, 0) is 33.4 Å². The molecule has 7 rings (SSSR count). The lowest BCUT2D eigenvalue weighted by molar-refractivity contribution is 0.230. The van der Waals surface area contributed by atoms with E-state index in [-0.39, 0.29) is 24.2 Å². The summed E-state index contributed by atoms with van der Waals surface area (Å²) in [6.45, 7) is 4.05. The number of rotatable bonds is 8. The van der Waals surface area contributed by atoms with E-state index in [1.165, 1.54) is 33.4 Å². The third-order valence-electron chi connectivity index (χ3n) is 8.43. The van der Waals surface area contributed by atoms with Gasteiger partial charge in [0.05, 0.1) is 24.2 Å². The van der Waals surface area contributed by atoms with E-state index in [9.17, 15) is 0 Å². The highest BCUT2D eigenvalue weighted by Gasteiger charge is 2.49. The number of hydrogen-bond donors (Lipinski definition) is 0. The zero-order valence-electron chi connectivity index (χ0n) is 24.0. The monoisotopic (exact) mass is 554 g/mol. The van der Waals surface area contributed by atoms with E-state index < -0.39 is 0 Å². The van der Waals surface area contributed by atoms with Crippen LogP contribution >= 0.6 is 0 Å². The first kappa shape index (κ1) is 27.1. The van der Waals surface area contributed by atoms with Gasteiger partial charge in [0.2, 0.25) is 0 Å². The molecule has 0 N–H and O–H groups in total. The SMILES string of the molecule is [C]1N(C(c2ccccc2)c2ccccc2)[C@H](c2ccccc2)[C@@H](c2ccccc2)N1C(c1ccccc1)c1ccccc1. The van der Waals surface area contributed by atoms with E-state index in [1.54, 1.807) is 0 Å². The molecule has 0 spiro atoms. The first-order valence-electron chi connectivity index (χ1n) is 15.0. The van der Waals surface area contributed by atoms with Crippen LogP contribution in [0.2, 0.25) is 0 Å². The predicted octanol–water partition coefficient (Wildman–Crippen LogP) is 9.66. The maximum atomic E-state index is 4.05. The second kappa shape index (κ2) is 12.6. The van der Waals surface area contributed by atoms with Crippen LogP contribution in [-0.2, 0) is 0 Å². The van der Waals surface area contributed by atoms with E-state index in [0.717, 1.165) is 0 Å². The molecule has 2 heteroatoms. The van der Waals surface area contributed by atoms with Crippen LogP contribution in [0.4, 0.5) is 0 Å². The van der Waals surface area contributed by atoms with Crippen LogP contribution in [0.3, 0.4) is 0 Å². The Balaban J connectivity index is 1.47. The lowest BCUT2D eigenvalue weighted by Crippen LogP contribution is -2.29. The van der Waals surface area contributed by atoms with Gasteiger partial charge >= 0.3 is 0 Å². The second-order valence-electron chi connectivity index (χ2n) is 11.1. The summed E-state index contributed by atoms with van der Waals surface area (Å²) in [6, 6.07) is 65.3. The van der Waals surface area contributed by atoms with Crippen LogP contribution in [0, 0.1) is 6.67 Å². The minimum atomic E-state index is -0.0315. The summed E-state index contributed by atoms with van der Waals surface area (Å²) in [5, 5.41) is 0. The third kappa shape index (κ3) is 5.56. The number of hydrogen-bond acceptors (Lipinski definition) is 2. The van der Waals surface area contributed by atoms with Crippen molar-refractivity contribution in [3.8, 4) is 0 Å². The van der Waals surface area contributed by atoms with Crippen LogP contribution in [-0.4, -0.2) is 9.80 Å². The van der Waals surface area contributed by atoms with Crippen LogP contribution in [0.1, 0.15) is 57.5 Å². The maximum absolute atomic E-state index is 4.05. The Bertz CT molecular complexity index is 1480. The summed E-state index contributed by atoms with van der Waals surface area (Å²) in [7, 11) is 0. The molecule has 2 radical (unpaired) electrons. The summed E-state index contributed by atoms with van der Waals surface area (Å²) in [4.78, 5) is 4.97. The molecule has 2 nitrogen and oxygen atoms in total. The Hall–Kier alpha value is -4.76. The molecule has 0 aromatic heterocycles. The van der Waals surface area contributed by atoms with Gasteiger partial charge in [0, 0.05) is 0 Å². The van der Waals surface area contributed by atoms with Gasteiger partial charge in [-0.3, -0.25) is 9.80 Å². The molecular weight excluding hydrogens is 520 g/mol. The van der Waals surface area contributed by atoms with Gasteiger partial charge in [0.15, 0.2) is 0 Å². The van der Waals surface area contributed by atoms with Gasteiger partial charge in [-0.2, -0.15) is 0 Å². The largest absolute Gasteiger partial charge is 0.259 e. The van der Waals surface area contributed by atoms with Gasteiger partial charge in [-0.1, -0.05) is 182 Å². The van der Waals surface area contributed by atoms with Crippen LogP contribution in [0.5, 0.6) is 0 Å². The third-order valence-corrected chi connectivity index (χ3v) is 8.43. The van der Waals surface area contributed by atoms with Gasteiger partial charge in [0.25, 0.3) is 0 Å². The fourth-order valence-corrected chi connectivity index (χ4v) is 6.55. The Kier molecular flexibility index (Phi) is 7.96. The second-order valence-corrected chi connectivity index (χ2v) is 11.1. The van der Waals surface area contributed by atoms with Crippen molar-refractivity contribution in [2.45, 2.75) is 24.2 Å². The fraction of sp³-hybridized carbons (Fsp3) is 0.0976. The highest BCUT2D eigenvalue weighted by atomic mass is 15.4. The summed E-state index contributed by atoms with van der Waals surface area (Å²) in [6.07, 6.45) is 0. The lowest BCUT2D eigenvalue weighted by atomic mass is 9.88. The zero-order chi connectivity index (χ0) is 28.8. The zero-order valence-corrected chi connectivity index (χ0v) is 24.0. The first-order chi connectivity index (χ1) is 21.4. The van der Waals surface area contributed by atoms with Gasteiger partial charge in [0.1, 0.15) is 6.67 Å². The van der Waals surface area contributed by atoms with Crippen molar-refractivity contribution in [1.29, 1.82) is 0 Å². The summed E-state index contributed by atoms with van der Waals surface area (Å²) in [5.41, 5.74) is 7.50. The molecule has 2 atom stereocenters. The quantitative estimate of drug-likeness (QED) is 0.185. The van der Waals surface area contributed by atoms with Crippen molar-refractivity contribution in [2.24, 2.45) is 0 Å². The maximum Gasteiger partial charge on any atom is 0.149 e. The predicted molar refractivity (Wildman–Crippen MR) is 175 cm³/mol. The van der Waals surface area contributed by atoms with Crippen molar-refractivity contribution >= 4 is 0 Å². The summed E-state index contributed by atoms with van der Waals surface area (Å²) in [5.74, 6) is 0. The molecule has 208 valence electrons. The Morgan fingerprint density at radius 2 is 0.558 bits per heavy atom. The molecular formula is C41H34N2. The van der Waals surface area contributed by atoms with E-state index in [4.69, 9.17) is 0 Å². The van der Waals surface area contributed by atoms with Crippen molar-refractivity contribution in [3.63, 3.8) is 0 Å². The van der Waals surface area contributed by atoms with Gasteiger partial charge in [-0.15, -0.1) is 0 Å². The molecule has 0 unspecified atom stereocenters. The molecule has 1 aliphatic rings. The summed E-state index contributed by atoms with van der Waals surface area (Å²) >= 11 is 0. The molecule has 0 aliphatic carbocycles. The average molecular weight is 555 g/mol. The van der Waals surface area contributed by atoms with Crippen molar-refractivity contribution in [2.75, 3.05) is 0 Å². The molecule has 6 aromatic rings. The molecule has 43 heavy (non-hydrogen) atoms. The highest BCUT2D eigenvalue weighted by molar-refractivity contribution is 5.40. The number of nitrogens with zero attached hydrogens (tertiary/aromatic N) is 2. The normalized spacial score (nSPS) is 17.4. The molecule has 0 bridgehead atoms. The van der Waals surface area contributed by atoms with E-state index in [2.05, 4.69) is 198 Å². The molecule has 1 fully saturated rings. The Labute approximate surface area is 255 Å². The van der Waals surface area contributed by atoms with Crippen LogP contribution < -0.4 is 0 Å².